The molecule has 6 heteroatoms. The van der Waals surface area contributed by atoms with Gasteiger partial charge in [-0.3, -0.25) is 9.69 Å². The maximum absolute atomic E-state index is 11.9. The molecular weight excluding hydrogens is 282 g/mol. The molecule has 0 radical (unpaired) electrons. The van der Waals surface area contributed by atoms with E-state index in [0.717, 1.165) is 38.1 Å². The summed E-state index contributed by atoms with van der Waals surface area (Å²) in [6.07, 6.45) is 4.21. The second-order valence-electron chi connectivity index (χ2n) is 6.25. The molecule has 0 spiro atoms. The van der Waals surface area contributed by atoms with Gasteiger partial charge in [-0.2, -0.15) is 0 Å². The van der Waals surface area contributed by atoms with Crippen LogP contribution in [-0.2, 0) is 0 Å². The van der Waals surface area contributed by atoms with Crippen LogP contribution >= 0.6 is 0 Å². The first-order valence-corrected chi connectivity index (χ1v) is 8.21. The van der Waals surface area contributed by atoms with E-state index in [2.05, 4.69) is 15.4 Å². The van der Waals surface area contributed by atoms with Crippen LogP contribution in [0.1, 0.15) is 61.7 Å². The highest BCUT2D eigenvalue weighted by Crippen LogP contribution is 2.17. The molecule has 0 saturated carbocycles. The number of rotatable bonds is 8. The SMILES string of the molecule is CC(C)c1cc(C(=O)NCCCCN2CCCC2CO)no1. The maximum Gasteiger partial charge on any atom is 0.273 e. The van der Waals surface area contributed by atoms with E-state index in [9.17, 15) is 9.90 Å². The standard InChI is InChI=1S/C16H27N3O3/c1-12(2)15-10-14(18-22-15)16(21)17-7-3-4-8-19-9-5-6-13(19)11-20/h10,12-13,20H,3-9,11H2,1-2H3,(H,17,21). The predicted molar refractivity (Wildman–Crippen MR) is 83.8 cm³/mol. The molecule has 1 aliphatic heterocycles. The molecule has 0 aliphatic carbocycles. The normalized spacial score (nSPS) is 19.0. The summed E-state index contributed by atoms with van der Waals surface area (Å²) in [5.74, 6) is 0.785. The Morgan fingerprint density at radius 3 is 3.05 bits per heavy atom. The number of amides is 1. The van der Waals surface area contributed by atoms with Gasteiger partial charge in [-0.25, -0.2) is 0 Å². The molecule has 6 nitrogen and oxygen atoms in total. The van der Waals surface area contributed by atoms with Gasteiger partial charge in [0.1, 0.15) is 5.76 Å². The molecule has 1 atom stereocenters. The van der Waals surface area contributed by atoms with Crippen LogP contribution in [0.5, 0.6) is 0 Å². The van der Waals surface area contributed by atoms with Crippen LogP contribution in [0.4, 0.5) is 0 Å². The highest BCUT2D eigenvalue weighted by molar-refractivity contribution is 5.92. The van der Waals surface area contributed by atoms with Crippen LogP contribution in [0.15, 0.2) is 10.6 Å². The minimum atomic E-state index is -0.176. The zero-order chi connectivity index (χ0) is 15.9. The number of hydrogen-bond donors (Lipinski definition) is 2. The molecule has 1 aromatic rings. The van der Waals surface area contributed by atoms with Crippen LogP contribution < -0.4 is 5.32 Å². The summed E-state index contributed by atoms with van der Waals surface area (Å²) in [6, 6.07) is 2.04. The van der Waals surface area contributed by atoms with Crippen LogP contribution in [0.3, 0.4) is 0 Å². The fraction of sp³-hybridized carbons (Fsp3) is 0.750. The van der Waals surface area contributed by atoms with Crippen molar-refractivity contribution in [2.24, 2.45) is 0 Å². The number of carbonyl (C=O) groups excluding carboxylic acids is 1. The van der Waals surface area contributed by atoms with Gasteiger partial charge in [0.15, 0.2) is 5.69 Å². The molecule has 2 N–H and O–H groups in total. The van der Waals surface area contributed by atoms with Crippen molar-refractivity contribution in [3.8, 4) is 0 Å². The molecule has 1 unspecified atom stereocenters. The smallest absolute Gasteiger partial charge is 0.273 e. The molecule has 2 heterocycles. The average Bonchev–Trinajstić information content (AvgIpc) is 3.15. The summed E-state index contributed by atoms with van der Waals surface area (Å²) in [5.41, 5.74) is 0.351. The van der Waals surface area contributed by atoms with Gasteiger partial charge >= 0.3 is 0 Å². The van der Waals surface area contributed by atoms with Gasteiger partial charge in [-0.1, -0.05) is 19.0 Å². The zero-order valence-electron chi connectivity index (χ0n) is 13.5. The number of unbranched alkanes of at least 4 members (excludes halogenated alkanes) is 1. The second kappa shape index (κ2) is 8.29. The van der Waals surface area contributed by atoms with Crippen LogP contribution in [-0.4, -0.2) is 53.4 Å². The highest BCUT2D eigenvalue weighted by atomic mass is 16.5. The number of aromatic nitrogens is 1. The van der Waals surface area contributed by atoms with Crippen LogP contribution in [0, 0.1) is 0 Å². The van der Waals surface area contributed by atoms with Gasteiger partial charge in [0.2, 0.25) is 0 Å². The Morgan fingerprint density at radius 1 is 1.55 bits per heavy atom. The van der Waals surface area contributed by atoms with Gasteiger partial charge in [-0.05, 0) is 38.8 Å². The first kappa shape index (κ1) is 17.0. The van der Waals surface area contributed by atoms with Gasteiger partial charge in [0, 0.05) is 24.6 Å². The van der Waals surface area contributed by atoms with Crippen molar-refractivity contribution >= 4 is 5.91 Å². The van der Waals surface area contributed by atoms with Crippen molar-refractivity contribution in [2.75, 3.05) is 26.2 Å². The van der Waals surface area contributed by atoms with Crippen molar-refractivity contribution < 1.29 is 14.4 Å². The number of hydrogen-bond acceptors (Lipinski definition) is 5. The number of aliphatic hydroxyl groups is 1. The molecule has 1 amide bonds. The molecule has 124 valence electrons. The molecule has 22 heavy (non-hydrogen) atoms. The molecule has 2 rings (SSSR count). The first-order chi connectivity index (χ1) is 10.6. The topological polar surface area (TPSA) is 78.6 Å². The van der Waals surface area contributed by atoms with Crippen molar-refractivity contribution in [1.82, 2.24) is 15.4 Å². The van der Waals surface area contributed by atoms with Crippen LogP contribution in [0.25, 0.3) is 0 Å². The van der Waals surface area contributed by atoms with Gasteiger partial charge < -0.3 is 14.9 Å². The van der Waals surface area contributed by atoms with E-state index < -0.39 is 0 Å². The minimum Gasteiger partial charge on any atom is -0.395 e. The van der Waals surface area contributed by atoms with Crippen LogP contribution in [0.2, 0.25) is 0 Å². The van der Waals surface area contributed by atoms with E-state index in [4.69, 9.17) is 4.52 Å². The summed E-state index contributed by atoms with van der Waals surface area (Å²) in [7, 11) is 0. The molecule has 1 saturated heterocycles. The van der Waals surface area contributed by atoms with E-state index in [-0.39, 0.29) is 18.4 Å². The summed E-state index contributed by atoms with van der Waals surface area (Å²) >= 11 is 0. The highest BCUT2D eigenvalue weighted by Gasteiger charge is 2.22. The van der Waals surface area contributed by atoms with E-state index in [0.29, 0.717) is 18.3 Å². The molecule has 1 aliphatic rings. The summed E-state index contributed by atoms with van der Waals surface area (Å²) in [5, 5.41) is 15.9. The Morgan fingerprint density at radius 2 is 2.36 bits per heavy atom. The van der Waals surface area contributed by atoms with Gasteiger partial charge in [0.05, 0.1) is 6.61 Å². The number of aliphatic hydroxyl groups excluding tert-OH is 1. The molecule has 1 aromatic heterocycles. The lowest BCUT2D eigenvalue weighted by atomic mass is 10.1. The third kappa shape index (κ3) is 4.55. The predicted octanol–water partition coefficient (Wildman–Crippen LogP) is 1.76. The quantitative estimate of drug-likeness (QED) is 0.716. The third-order valence-electron chi connectivity index (χ3n) is 4.20. The average molecular weight is 309 g/mol. The van der Waals surface area contributed by atoms with Crippen molar-refractivity contribution in [1.29, 1.82) is 0 Å². The Labute approximate surface area is 131 Å². The van der Waals surface area contributed by atoms with Crippen molar-refractivity contribution in [2.45, 2.75) is 51.5 Å². The molecular formula is C16H27N3O3. The Kier molecular flexibility index (Phi) is 6.39. The molecule has 0 bridgehead atoms. The summed E-state index contributed by atoms with van der Waals surface area (Å²) < 4.78 is 5.13. The first-order valence-electron chi connectivity index (χ1n) is 8.21. The lowest BCUT2D eigenvalue weighted by molar-refractivity contribution is 0.0943. The Hall–Kier alpha value is -1.40. The van der Waals surface area contributed by atoms with E-state index in [1.165, 1.54) is 6.42 Å². The fourth-order valence-electron chi connectivity index (χ4n) is 2.80. The van der Waals surface area contributed by atoms with Crippen molar-refractivity contribution in [3.05, 3.63) is 17.5 Å². The Bertz CT molecular complexity index is 473. The largest absolute Gasteiger partial charge is 0.395 e. The maximum atomic E-state index is 11.9. The monoisotopic (exact) mass is 309 g/mol. The van der Waals surface area contributed by atoms with Crippen molar-refractivity contribution in [3.63, 3.8) is 0 Å². The number of nitrogens with one attached hydrogen (secondary N) is 1. The number of likely N-dealkylation sites (tertiary alicyclic amines) is 1. The third-order valence-corrected chi connectivity index (χ3v) is 4.20. The molecule has 0 aromatic carbocycles. The lowest BCUT2D eigenvalue weighted by Gasteiger charge is -2.22. The van der Waals surface area contributed by atoms with E-state index >= 15 is 0 Å². The minimum absolute atomic E-state index is 0.176. The second-order valence-corrected chi connectivity index (χ2v) is 6.25. The fourth-order valence-corrected chi connectivity index (χ4v) is 2.80. The van der Waals surface area contributed by atoms with Gasteiger partial charge in [-0.15, -0.1) is 0 Å². The Balaban J connectivity index is 1.62. The van der Waals surface area contributed by atoms with E-state index in [1.54, 1.807) is 6.07 Å². The lowest BCUT2D eigenvalue weighted by Crippen LogP contribution is -2.33. The number of nitrogens with zero attached hydrogens (tertiary/aromatic N) is 2. The summed E-state index contributed by atoms with van der Waals surface area (Å²) in [4.78, 5) is 14.3. The van der Waals surface area contributed by atoms with Gasteiger partial charge in [0.25, 0.3) is 5.91 Å². The number of carbonyl (C=O) groups is 1. The zero-order valence-corrected chi connectivity index (χ0v) is 13.5. The molecule has 1 fully saturated rings. The summed E-state index contributed by atoms with van der Waals surface area (Å²) in [6.45, 7) is 6.96. The van der Waals surface area contributed by atoms with E-state index in [1.807, 2.05) is 13.8 Å².